The zero-order chi connectivity index (χ0) is 9.11. The Morgan fingerprint density at radius 2 is 1.58 bits per heavy atom. The molecule has 0 fully saturated rings. The van der Waals surface area contributed by atoms with E-state index in [9.17, 15) is 0 Å². The van der Waals surface area contributed by atoms with E-state index in [1.807, 2.05) is 0 Å². The summed E-state index contributed by atoms with van der Waals surface area (Å²) in [6.45, 7) is 16.8. The first kappa shape index (κ1) is 18.4. The van der Waals surface area contributed by atoms with Gasteiger partial charge in [0.2, 0.25) is 0 Å². The van der Waals surface area contributed by atoms with Crippen LogP contribution in [0.1, 0.15) is 33.6 Å². The first-order chi connectivity index (χ1) is 5.35. The van der Waals surface area contributed by atoms with Gasteiger partial charge in [0.05, 0.1) is 0 Å². The summed E-state index contributed by atoms with van der Waals surface area (Å²) in [6, 6.07) is 0. The number of nitrogens with zero attached hydrogens (tertiary/aromatic N) is 1. The van der Waals surface area contributed by atoms with Crippen LogP contribution in [0.4, 0.5) is 0 Å². The summed E-state index contributed by atoms with van der Waals surface area (Å²) >= 11 is 0. The van der Waals surface area contributed by atoms with Crippen molar-refractivity contribution in [1.82, 2.24) is 4.90 Å². The molecule has 0 spiro atoms. The smallest absolute Gasteiger partial charge is 0.346 e. The van der Waals surface area contributed by atoms with E-state index < -0.39 is 0 Å². The van der Waals surface area contributed by atoms with Gasteiger partial charge < -0.3 is 18.7 Å². The molecule has 70 valence electrons. The van der Waals surface area contributed by atoms with Crippen LogP contribution in [0.5, 0.6) is 0 Å². The van der Waals surface area contributed by atoms with Gasteiger partial charge in [0.1, 0.15) is 0 Å². The van der Waals surface area contributed by atoms with Gasteiger partial charge in [-0.3, -0.25) is 0 Å². The Kier molecular flexibility index (Phi) is 27.0. The maximum atomic E-state index is 3.81. The summed E-state index contributed by atoms with van der Waals surface area (Å²) < 4.78 is 0. The Hall–Kier alpha value is 0.583. The van der Waals surface area contributed by atoms with Gasteiger partial charge in [-0.1, -0.05) is 13.8 Å². The molecule has 0 heterocycles. The molecule has 1 nitrogen and oxygen atoms in total. The number of hydrogen-bond donors (Lipinski definition) is 0. The minimum absolute atomic E-state index is 0. The van der Waals surface area contributed by atoms with Crippen LogP contribution < -0.4 is 0 Å². The maximum absolute atomic E-state index is 3.81. The van der Waals surface area contributed by atoms with Gasteiger partial charge in [-0.2, -0.15) is 13.3 Å². The Balaban J connectivity index is -0.000000249. The molecule has 12 heavy (non-hydrogen) atoms. The van der Waals surface area contributed by atoms with Crippen molar-refractivity contribution in [2.24, 2.45) is 0 Å². The van der Waals surface area contributed by atoms with Gasteiger partial charge in [-0.15, -0.1) is 0 Å². The third-order valence-electron chi connectivity index (χ3n) is 1.46. The Morgan fingerprint density at radius 1 is 1.08 bits per heavy atom. The number of rotatable bonds is 5. The van der Waals surface area contributed by atoms with Crippen LogP contribution in [-0.2, 0) is 19.5 Å². The first-order valence-corrected chi connectivity index (χ1v) is 4.57. The summed E-state index contributed by atoms with van der Waals surface area (Å²) in [5.41, 5.74) is 0. The minimum Gasteiger partial charge on any atom is -0.346 e. The summed E-state index contributed by atoms with van der Waals surface area (Å²) in [6.07, 6.45) is 2.29. The van der Waals surface area contributed by atoms with Crippen LogP contribution in [0.25, 0.3) is 0 Å². The Labute approximate surface area is 91.7 Å². The zero-order valence-corrected chi connectivity index (χ0v) is 12.1. The second-order valence-corrected chi connectivity index (χ2v) is 2.29. The van der Waals surface area contributed by atoms with Crippen molar-refractivity contribution in [3.8, 4) is 0 Å². The second-order valence-electron chi connectivity index (χ2n) is 2.29. The van der Waals surface area contributed by atoms with Crippen LogP contribution >= 0.6 is 0 Å². The molecule has 0 N–H and O–H groups in total. The second kappa shape index (κ2) is 17.6. The van der Waals surface area contributed by atoms with E-state index in [-0.39, 0.29) is 19.5 Å². The topological polar surface area (TPSA) is 3.24 Å². The van der Waals surface area contributed by atoms with E-state index in [1.165, 1.54) is 19.5 Å². The fourth-order valence-corrected chi connectivity index (χ4v) is 0.968. The molecule has 2 heteroatoms. The molecule has 0 aromatic rings. The molecule has 0 saturated heterocycles. The zero-order valence-electron chi connectivity index (χ0n) is 9.10. The molecule has 0 aliphatic rings. The summed E-state index contributed by atoms with van der Waals surface area (Å²) in [5, 5.41) is 0. The van der Waals surface area contributed by atoms with Crippen molar-refractivity contribution in [2.75, 3.05) is 19.6 Å². The number of hydrogen-bond acceptors (Lipinski definition) is 1. The molecule has 0 atom stereocenters. The fourth-order valence-electron chi connectivity index (χ4n) is 0.968. The average molecular weight is 223 g/mol. The molecule has 0 radical (unpaired) electrons. The molecule has 0 aliphatic carbocycles. The molecule has 0 unspecified atom stereocenters. The van der Waals surface area contributed by atoms with Crippen LogP contribution in [0, 0.1) is 13.8 Å². The van der Waals surface area contributed by atoms with E-state index in [4.69, 9.17) is 0 Å². The molecular weight excluding hydrogens is 200 g/mol. The van der Waals surface area contributed by atoms with Crippen molar-refractivity contribution < 1.29 is 19.5 Å². The van der Waals surface area contributed by atoms with E-state index in [2.05, 4.69) is 32.6 Å². The largest absolute Gasteiger partial charge is 2.00 e. The molecule has 0 aromatic carbocycles. The predicted molar refractivity (Wildman–Crippen MR) is 53.4 cm³/mol. The van der Waals surface area contributed by atoms with Crippen molar-refractivity contribution >= 4 is 0 Å². The van der Waals surface area contributed by atoms with Crippen molar-refractivity contribution in [3.63, 3.8) is 0 Å². The Morgan fingerprint density at radius 3 is 1.83 bits per heavy atom. The van der Waals surface area contributed by atoms with Gasteiger partial charge in [-0.05, 0) is 26.1 Å². The Bertz CT molecular complexity index is 51.8. The normalized spacial score (nSPS) is 8.50. The van der Waals surface area contributed by atoms with E-state index in [0.717, 1.165) is 13.0 Å². The molecule has 0 rings (SSSR count). The summed E-state index contributed by atoms with van der Waals surface area (Å²) in [4.78, 5) is 2.42. The molecular formula is C10H23NZn. The molecule has 0 aromatic heterocycles. The van der Waals surface area contributed by atoms with E-state index in [1.54, 1.807) is 6.92 Å². The average Bonchev–Trinajstić information content (AvgIpc) is 2.08. The van der Waals surface area contributed by atoms with Gasteiger partial charge in [0, 0.05) is 0 Å². The van der Waals surface area contributed by atoms with Crippen LogP contribution in [-0.4, -0.2) is 24.5 Å². The summed E-state index contributed by atoms with van der Waals surface area (Å²) in [5.74, 6) is 0. The monoisotopic (exact) mass is 221 g/mol. The van der Waals surface area contributed by atoms with Crippen LogP contribution in [0.3, 0.4) is 0 Å². The fraction of sp³-hybridized carbons (Fsp3) is 0.800. The first-order valence-electron chi connectivity index (χ1n) is 4.57. The van der Waals surface area contributed by atoms with Crippen molar-refractivity contribution in [3.05, 3.63) is 13.8 Å². The molecule has 0 aliphatic heterocycles. The molecule has 0 amide bonds. The predicted octanol–water partition coefficient (Wildman–Crippen LogP) is 2.78. The maximum Gasteiger partial charge on any atom is 2.00 e. The molecule has 0 bridgehead atoms. The van der Waals surface area contributed by atoms with Gasteiger partial charge in [0.25, 0.3) is 0 Å². The van der Waals surface area contributed by atoms with Crippen LogP contribution in [0.2, 0.25) is 0 Å². The van der Waals surface area contributed by atoms with Gasteiger partial charge in [-0.25, -0.2) is 0 Å². The minimum atomic E-state index is 0. The quantitative estimate of drug-likeness (QED) is 0.511. The molecule has 0 saturated carbocycles. The van der Waals surface area contributed by atoms with Gasteiger partial charge >= 0.3 is 19.5 Å². The van der Waals surface area contributed by atoms with Crippen molar-refractivity contribution in [2.45, 2.75) is 33.6 Å². The SMILES string of the molecule is [CH2-]C.[CH2-]CCN(CC)CCC.[Zn+2]. The van der Waals surface area contributed by atoms with E-state index >= 15 is 0 Å². The third kappa shape index (κ3) is 13.2. The van der Waals surface area contributed by atoms with Gasteiger partial charge in [0.15, 0.2) is 0 Å². The van der Waals surface area contributed by atoms with Crippen LogP contribution in [0.15, 0.2) is 0 Å². The third-order valence-corrected chi connectivity index (χ3v) is 1.46. The van der Waals surface area contributed by atoms with E-state index in [0.29, 0.717) is 0 Å². The van der Waals surface area contributed by atoms with Crippen molar-refractivity contribution in [1.29, 1.82) is 0 Å². The summed E-state index contributed by atoms with van der Waals surface area (Å²) in [7, 11) is 0. The standard InChI is InChI=1S/C8H18N.C2H5.Zn/c1-4-7-9(6-3)8-5-2;1-2;/h1,4-8H2,2-3H3;1H2,2H3;/q2*-1;+2.